The van der Waals surface area contributed by atoms with Crippen molar-refractivity contribution < 1.29 is 9.90 Å². The number of anilines is 1. The molecule has 0 fully saturated rings. The van der Waals surface area contributed by atoms with Crippen LogP contribution < -0.4 is 4.90 Å². The van der Waals surface area contributed by atoms with Gasteiger partial charge in [-0.3, -0.25) is 4.79 Å². The van der Waals surface area contributed by atoms with Crippen LogP contribution in [0.15, 0.2) is 30.3 Å². The Morgan fingerprint density at radius 2 is 1.94 bits per heavy atom. The van der Waals surface area contributed by atoms with E-state index in [0.717, 1.165) is 11.4 Å². The number of benzene rings is 1. The molecule has 0 spiro atoms. The van der Waals surface area contributed by atoms with Crippen molar-refractivity contribution in [3.8, 4) is 0 Å². The minimum Gasteiger partial charge on any atom is -0.396 e. The normalized spacial score (nSPS) is 14.0. The Hall–Kier alpha value is -1.00. The first kappa shape index (κ1) is 15.1. The van der Waals surface area contributed by atoms with E-state index in [4.69, 9.17) is 5.11 Å². The molecule has 1 rings (SSSR count). The molecule has 2 atom stereocenters. The van der Waals surface area contributed by atoms with E-state index in [9.17, 15) is 4.79 Å². The molecular weight excluding hydrogens is 246 g/mol. The number of rotatable bonds is 6. The van der Waals surface area contributed by atoms with Crippen molar-refractivity contribution >= 4 is 23.4 Å². The zero-order chi connectivity index (χ0) is 13.5. The van der Waals surface area contributed by atoms with E-state index < -0.39 is 0 Å². The third kappa shape index (κ3) is 4.35. The van der Waals surface area contributed by atoms with Gasteiger partial charge in [0, 0.05) is 19.3 Å². The number of aliphatic hydroxyl groups excluding tert-OH is 1. The lowest BCUT2D eigenvalue weighted by Gasteiger charge is -2.21. The molecule has 2 unspecified atom stereocenters. The molecule has 1 N–H and O–H groups in total. The number of aliphatic hydroxyl groups is 1. The van der Waals surface area contributed by atoms with Gasteiger partial charge in [-0.05, 0) is 30.7 Å². The zero-order valence-corrected chi connectivity index (χ0v) is 12.0. The van der Waals surface area contributed by atoms with Crippen LogP contribution in [0.5, 0.6) is 0 Å². The lowest BCUT2D eigenvalue weighted by molar-refractivity contribution is -0.117. The van der Waals surface area contributed by atoms with Gasteiger partial charge in [-0.1, -0.05) is 25.1 Å². The second kappa shape index (κ2) is 7.44. The molecule has 1 amide bonds. The average Bonchev–Trinajstić information content (AvgIpc) is 2.43. The number of para-hydroxylation sites is 1. The average molecular weight is 267 g/mol. The largest absolute Gasteiger partial charge is 0.396 e. The highest BCUT2D eigenvalue weighted by Crippen LogP contribution is 2.19. The Labute approximate surface area is 113 Å². The van der Waals surface area contributed by atoms with Crippen molar-refractivity contribution in [1.29, 1.82) is 0 Å². The minimum atomic E-state index is -0.0933. The van der Waals surface area contributed by atoms with Crippen molar-refractivity contribution in [2.24, 2.45) is 5.92 Å². The summed E-state index contributed by atoms with van der Waals surface area (Å²) in [6.07, 6.45) is 0. The summed E-state index contributed by atoms with van der Waals surface area (Å²) in [5.74, 6) is 1.12. The summed E-state index contributed by atoms with van der Waals surface area (Å²) in [6, 6.07) is 9.62. The van der Waals surface area contributed by atoms with Crippen molar-refractivity contribution in [2.45, 2.75) is 19.1 Å². The number of thioether (sulfide) groups is 1. The van der Waals surface area contributed by atoms with Gasteiger partial charge in [0.15, 0.2) is 0 Å². The maximum Gasteiger partial charge on any atom is 0.239 e. The van der Waals surface area contributed by atoms with E-state index in [-0.39, 0.29) is 23.7 Å². The maximum absolute atomic E-state index is 12.2. The molecule has 0 aliphatic rings. The summed E-state index contributed by atoms with van der Waals surface area (Å²) < 4.78 is 0. The van der Waals surface area contributed by atoms with Crippen LogP contribution in [0.1, 0.15) is 13.8 Å². The van der Waals surface area contributed by atoms with E-state index in [0.29, 0.717) is 0 Å². The molecule has 0 aliphatic carbocycles. The SMILES string of the molecule is CC(CO)CSC(C)C(=O)N(C)c1ccccc1. The molecule has 1 aromatic rings. The lowest BCUT2D eigenvalue weighted by Crippen LogP contribution is -2.33. The Bertz CT molecular complexity index is 369. The molecular formula is C14H21NO2S. The van der Waals surface area contributed by atoms with Gasteiger partial charge in [0.05, 0.1) is 5.25 Å². The topological polar surface area (TPSA) is 40.5 Å². The Balaban J connectivity index is 2.53. The van der Waals surface area contributed by atoms with Gasteiger partial charge >= 0.3 is 0 Å². The van der Waals surface area contributed by atoms with Crippen LogP contribution in [0.4, 0.5) is 5.69 Å². The van der Waals surface area contributed by atoms with Gasteiger partial charge in [0.25, 0.3) is 0 Å². The molecule has 0 saturated heterocycles. The highest BCUT2D eigenvalue weighted by Gasteiger charge is 2.19. The molecule has 0 saturated carbocycles. The van der Waals surface area contributed by atoms with Crippen molar-refractivity contribution in [3.63, 3.8) is 0 Å². The summed E-state index contributed by atoms with van der Waals surface area (Å²) in [5, 5.41) is 8.87. The van der Waals surface area contributed by atoms with E-state index in [2.05, 4.69) is 0 Å². The first-order chi connectivity index (χ1) is 8.56. The number of hydrogen-bond acceptors (Lipinski definition) is 3. The van der Waals surface area contributed by atoms with Gasteiger partial charge < -0.3 is 10.0 Å². The second-order valence-electron chi connectivity index (χ2n) is 4.50. The van der Waals surface area contributed by atoms with Crippen molar-refractivity contribution in [1.82, 2.24) is 0 Å². The molecule has 0 radical (unpaired) electrons. The molecule has 0 aliphatic heterocycles. The number of carbonyl (C=O) groups excluding carboxylic acids is 1. The smallest absolute Gasteiger partial charge is 0.239 e. The summed E-state index contributed by atoms with van der Waals surface area (Å²) in [4.78, 5) is 13.9. The summed E-state index contributed by atoms with van der Waals surface area (Å²) in [6.45, 7) is 4.06. The van der Waals surface area contributed by atoms with E-state index in [1.54, 1.807) is 23.7 Å². The van der Waals surface area contributed by atoms with Gasteiger partial charge in [-0.15, -0.1) is 11.8 Å². The van der Waals surface area contributed by atoms with Crippen LogP contribution in [0.2, 0.25) is 0 Å². The van der Waals surface area contributed by atoms with Crippen LogP contribution >= 0.6 is 11.8 Å². The van der Waals surface area contributed by atoms with Crippen LogP contribution in [-0.4, -0.2) is 35.7 Å². The molecule has 0 heterocycles. The van der Waals surface area contributed by atoms with E-state index in [1.165, 1.54) is 0 Å². The molecule has 3 nitrogen and oxygen atoms in total. The third-order valence-electron chi connectivity index (χ3n) is 2.76. The monoisotopic (exact) mass is 267 g/mol. The first-order valence-electron chi connectivity index (χ1n) is 6.11. The van der Waals surface area contributed by atoms with Gasteiger partial charge in [-0.25, -0.2) is 0 Å². The highest BCUT2D eigenvalue weighted by atomic mass is 32.2. The van der Waals surface area contributed by atoms with Crippen molar-refractivity contribution in [3.05, 3.63) is 30.3 Å². The number of hydrogen-bond donors (Lipinski definition) is 1. The summed E-state index contributed by atoms with van der Waals surface area (Å²) in [7, 11) is 1.80. The Morgan fingerprint density at radius 3 is 2.50 bits per heavy atom. The Morgan fingerprint density at radius 1 is 1.33 bits per heavy atom. The fourth-order valence-electron chi connectivity index (χ4n) is 1.48. The van der Waals surface area contributed by atoms with E-state index >= 15 is 0 Å². The molecule has 4 heteroatoms. The fourth-order valence-corrected chi connectivity index (χ4v) is 2.51. The van der Waals surface area contributed by atoms with Crippen LogP contribution in [0.25, 0.3) is 0 Å². The van der Waals surface area contributed by atoms with E-state index in [1.807, 2.05) is 44.2 Å². The van der Waals surface area contributed by atoms with Crippen LogP contribution in [0, 0.1) is 5.92 Å². The molecule has 100 valence electrons. The summed E-state index contributed by atoms with van der Waals surface area (Å²) in [5.41, 5.74) is 0.908. The second-order valence-corrected chi connectivity index (χ2v) is 5.87. The predicted molar refractivity (Wildman–Crippen MR) is 78.0 cm³/mol. The standard InChI is InChI=1S/C14H21NO2S/c1-11(9-16)10-18-12(2)14(17)15(3)13-7-5-4-6-8-13/h4-8,11-12,16H,9-10H2,1-3H3. The predicted octanol–water partition coefficient (Wildman–Crippen LogP) is 2.40. The molecule has 18 heavy (non-hydrogen) atoms. The van der Waals surface area contributed by atoms with Crippen molar-refractivity contribution in [2.75, 3.05) is 24.3 Å². The quantitative estimate of drug-likeness (QED) is 0.860. The first-order valence-corrected chi connectivity index (χ1v) is 7.16. The molecule has 1 aromatic carbocycles. The lowest BCUT2D eigenvalue weighted by atomic mass is 10.2. The Kier molecular flexibility index (Phi) is 6.22. The van der Waals surface area contributed by atoms with Gasteiger partial charge in [-0.2, -0.15) is 0 Å². The third-order valence-corrected chi connectivity index (χ3v) is 4.23. The van der Waals surface area contributed by atoms with Gasteiger partial charge in [0.2, 0.25) is 5.91 Å². The minimum absolute atomic E-state index is 0.0933. The molecule has 0 bridgehead atoms. The number of carbonyl (C=O) groups is 1. The zero-order valence-electron chi connectivity index (χ0n) is 11.2. The number of nitrogens with zero attached hydrogens (tertiary/aromatic N) is 1. The van der Waals surface area contributed by atoms with Crippen LogP contribution in [0.3, 0.4) is 0 Å². The summed E-state index contributed by atoms with van der Waals surface area (Å²) >= 11 is 1.59. The van der Waals surface area contributed by atoms with Crippen LogP contribution in [-0.2, 0) is 4.79 Å². The highest BCUT2D eigenvalue weighted by molar-refractivity contribution is 8.00. The molecule has 0 aromatic heterocycles. The fraction of sp³-hybridized carbons (Fsp3) is 0.500. The number of amides is 1. The van der Waals surface area contributed by atoms with Gasteiger partial charge in [0.1, 0.15) is 0 Å². The maximum atomic E-state index is 12.2.